The second kappa shape index (κ2) is 3.97. The van der Waals surface area contributed by atoms with Crippen LogP contribution in [0, 0.1) is 0 Å². The van der Waals surface area contributed by atoms with Gasteiger partial charge in [-0.15, -0.1) is 6.58 Å². The van der Waals surface area contributed by atoms with E-state index in [0.29, 0.717) is 5.75 Å². The summed E-state index contributed by atoms with van der Waals surface area (Å²) < 4.78 is 0. The fraction of sp³-hybridized carbons (Fsp3) is 0.385. The zero-order valence-corrected chi connectivity index (χ0v) is 9.16. The molecule has 0 atom stereocenters. The van der Waals surface area contributed by atoms with Crippen molar-refractivity contribution < 1.29 is 5.11 Å². The molecule has 1 aromatic carbocycles. The number of rotatable bonds is 2. The summed E-state index contributed by atoms with van der Waals surface area (Å²) in [5.41, 5.74) is 3.74. The van der Waals surface area contributed by atoms with E-state index >= 15 is 0 Å². The number of aryl methyl sites for hydroxylation is 1. The van der Waals surface area contributed by atoms with Crippen molar-refractivity contribution >= 4 is 5.69 Å². The van der Waals surface area contributed by atoms with Crippen LogP contribution in [0.1, 0.15) is 17.5 Å². The Morgan fingerprint density at radius 1 is 1.53 bits per heavy atom. The highest BCUT2D eigenvalue weighted by Gasteiger charge is 2.17. The van der Waals surface area contributed by atoms with Crippen LogP contribution in [0.2, 0.25) is 0 Å². The molecule has 2 rings (SSSR count). The smallest absolute Gasteiger partial charge is 0.116 e. The van der Waals surface area contributed by atoms with Crippen LogP contribution < -0.4 is 4.90 Å². The quantitative estimate of drug-likeness (QED) is 0.746. The van der Waals surface area contributed by atoms with Gasteiger partial charge in [-0.1, -0.05) is 6.08 Å². The maximum atomic E-state index is 9.63. The molecular weight excluding hydrogens is 186 g/mol. The molecule has 0 saturated heterocycles. The average molecular weight is 203 g/mol. The molecule has 1 aromatic rings. The van der Waals surface area contributed by atoms with E-state index in [4.69, 9.17) is 0 Å². The number of benzene rings is 1. The van der Waals surface area contributed by atoms with Gasteiger partial charge in [0.05, 0.1) is 0 Å². The summed E-state index contributed by atoms with van der Waals surface area (Å²) in [7, 11) is 2.11. The Kier molecular flexibility index (Phi) is 2.67. The lowest BCUT2D eigenvalue weighted by atomic mass is 9.96. The Morgan fingerprint density at radius 2 is 2.33 bits per heavy atom. The van der Waals surface area contributed by atoms with Gasteiger partial charge in [-0.25, -0.2) is 0 Å². The molecule has 2 heteroatoms. The van der Waals surface area contributed by atoms with Gasteiger partial charge in [-0.2, -0.15) is 0 Å². The molecule has 1 aliphatic rings. The summed E-state index contributed by atoms with van der Waals surface area (Å²) in [4.78, 5) is 2.27. The standard InChI is InChI=1S/C13H17NO/c1-3-5-10-8-12(15)9-11-6-4-7-14(2)13(10)11/h3,8-9,15H,1,4-7H2,2H3. The number of hydrogen-bond donors (Lipinski definition) is 1. The predicted octanol–water partition coefficient (Wildman–Crippen LogP) is 2.50. The zero-order valence-electron chi connectivity index (χ0n) is 9.16. The first kappa shape index (κ1) is 10.1. The molecule has 0 aromatic heterocycles. The Labute approximate surface area is 90.8 Å². The molecule has 0 radical (unpaired) electrons. The van der Waals surface area contributed by atoms with Crippen molar-refractivity contribution in [2.75, 3.05) is 18.5 Å². The number of aromatic hydroxyl groups is 1. The molecular formula is C13H17NO. The number of allylic oxidation sites excluding steroid dienone is 1. The summed E-state index contributed by atoms with van der Waals surface area (Å²) in [6.07, 6.45) is 4.94. The summed E-state index contributed by atoms with van der Waals surface area (Å²) in [6, 6.07) is 3.74. The number of phenolic OH excluding ortho intramolecular Hbond substituents is 1. The number of anilines is 1. The largest absolute Gasteiger partial charge is 0.508 e. The molecule has 0 unspecified atom stereocenters. The summed E-state index contributed by atoms with van der Waals surface area (Å²) in [5.74, 6) is 0.376. The fourth-order valence-corrected chi connectivity index (χ4v) is 2.35. The van der Waals surface area contributed by atoms with Crippen LogP contribution in [0.3, 0.4) is 0 Å². The van der Waals surface area contributed by atoms with E-state index in [9.17, 15) is 5.11 Å². The topological polar surface area (TPSA) is 23.5 Å². The molecule has 2 nitrogen and oxygen atoms in total. The highest BCUT2D eigenvalue weighted by molar-refractivity contribution is 5.63. The number of phenols is 1. The van der Waals surface area contributed by atoms with Gasteiger partial charge in [-0.3, -0.25) is 0 Å². The van der Waals surface area contributed by atoms with Gasteiger partial charge in [0.2, 0.25) is 0 Å². The first-order chi connectivity index (χ1) is 7.22. The van der Waals surface area contributed by atoms with Crippen LogP contribution in [-0.4, -0.2) is 18.7 Å². The lowest BCUT2D eigenvalue weighted by Crippen LogP contribution is -2.25. The Hall–Kier alpha value is -1.44. The molecule has 1 aliphatic heterocycles. The highest BCUT2D eigenvalue weighted by Crippen LogP contribution is 2.33. The third-order valence-electron chi connectivity index (χ3n) is 2.94. The Bertz CT molecular complexity index is 384. The van der Waals surface area contributed by atoms with Gasteiger partial charge in [0, 0.05) is 19.3 Å². The van der Waals surface area contributed by atoms with E-state index in [1.54, 1.807) is 0 Å². The maximum Gasteiger partial charge on any atom is 0.116 e. The van der Waals surface area contributed by atoms with Crippen molar-refractivity contribution in [2.45, 2.75) is 19.3 Å². The number of nitrogens with zero attached hydrogens (tertiary/aromatic N) is 1. The van der Waals surface area contributed by atoms with Crippen LogP contribution in [0.15, 0.2) is 24.8 Å². The van der Waals surface area contributed by atoms with Gasteiger partial charge in [0.1, 0.15) is 5.75 Å². The molecule has 0 spiro atoms. The van der Waals surface area contributed by atoms with E-state index in [2.05, 4.69) is 18.5 Å². The lowest BCUT2D eigenvalue weighted by molar-refractivity contribution is 0.473. The van der Waals surface area contributed by atoms with Gasteiger partial charge in [0.15, 0.2) is 0 Å². The van der Waals surface area contributed by atoms with Crippen molar-refractivity contribution in [2.24, 2.45) is 0 Å². The van der Waals surface area contributed by atoms with Crippen LogP contribution in [0.4, 0.5) is 5.69 Å². The van der Waals surface area contributed by atoms with Crippen LogP contribution in [0.25, 0.3) is 0 Å². The van der Waals surface area contributed by atoms with Gasteiger partial charge < -0.3 is 10.0 Å². The van der Waals surface area contributed by atoms with E-state index in [-0.39, 0.29) is 0 Å². The minimum absolute atomic E-state index is 0.376. The monoisotopic (exact) mass is 203 g/mol. The molecule has 1 N–H and O–H groups in total. The minimum atomic E-state index is 0.376. The molecule has 80 valence electrons. The van der Waals surface area contributed by atoms with Crippen LogP contribution in [0.5, 0.6) is 5.75 Å². The molecule has 15 heavy (non-hydrogen) atoms. The summed E-state index contributed by atoms with van der Waals surface area (Å²) >= 11 is 0. The summed E-state index contributed by atoms with van der Waals surface area (Å²) in [5, 5.41) is 9.63. The summed E-state index contributed by atoms with van der Waals surface area (Å²) in [6.45, 7) is 4.86. The fourth-order valence-electron chi connectivity index (χ4n) is 2.35. The van der Waals surface area contributed by atoms with E-state index in [0.717, 1.165) is 19.4 Å². The minimum Gasteiger partial charge on any atom is -0.508 e. The molecule has 0 aliphatic carbocycles. The number of hydrogen-bond acceptors (Lipinski definition) is 2. The normalized spacial score (nSPS) is 14.9. The Morgan fingerprint density at radius 3 is 3.07 bits per heavy atom. The third kappa shape index (κ3) is 1.84. The second-order valence-electron chi connectivity index (χ2n) is 4.13. The van der Waals surface area contributed by atoms with Crippen LogP contribution in [-0.2, 0) is 12.8 Å². The lowest BCUT2D eigenvalue weighted by Gasteiger charge is -2.30. The highest BCUT2D eigenvalue weighted by atomic mass is 16.3. The molecule has 1 heterocycles. The average Bonchev–Trinajstić information content (AvgIpc) is 2.17. The SMILES string of the molecule is C=CCc1cc(O)cc2c1N(C)CCC2. The van der Waals surface area contributed by atoms with E-state index in [1.807, 2.05) is 18.2 Å². The second-order valence-corrected chi connectivity index (χ2v) is 4.13. The van der Waals surface area contributed by atoms with E-state index < -0.39 is 0 Å². The van der Waals surface area contributed by atoms with Crippen molar-refractivity contribution in [3.63, 3.8) is 0 Å². The molecule has 0 amide bonds. The van der Waals surface area contributed by atoms with E-state index in [1.165, 1.54) is 23.2 Å². The Balaban J connectivity index is 2.52. The van der Waals surface area contributed by atoms with Gasteiger partial charge >= 0.3 is 0 Å². The van der Waals surface area contributed by atoms with Crippen LogP contribution >= 0.6 is 0 Å². The van der Waals surface area contributed by atoms with Gasteiger partial charge in [0.25, 0.3) is 0 Å². The molecule has 0 bridgehead atoms. The zero-order chi connectivity index (χ0) is 10.8. The third-order valence-corrected chi connectivity index (χ3v) is 2.94. The maximum absolute atomic E-state index is 9.63. The predicted molar refractivity (Wildman–Crippen MR) is 63.6 cm³/mol. The van der Waals surface area contributed by atoms with Crippen molar-refractivity contribution in [1.82, 2.24) is 0 Å². The number of fused-ring (bicyclic) bond motifs is 1. The van der Waals surface area contributed by atoms with Crippen molar-refractivity contribution in [3.05, 3.63) is 35.9 Å². The van der Waals surface area contributed by atoms with Crippen molar-refractivity contribution in [3.8, 4) is 5.75 Å². The van der Waals surface area contributed by atoms with Gasteiger partial charge in [-0.05, 0) is 42.5 Å². The first-order valence-electron chi connectivity index (χ1n) is 5.39. The molecule has 0 fully saturated rings. The first-order valence-corrected chi connectivity index (χ1v) is 5.39. The molecule has 0 saturated carbocycles. The van der Waals surface area contributed by atoms with Crippen molar-refractivity contribution in [1.29, 1.82) is 0 Å².